The third-order valence-corrected chi connectivity index (χ3v) is 3.47. The molecule has 0 aliphatic heterocycles. The summed E-state index contributed by atoms with van der Waals surface area (Å²) in [6.07, 6.45) is 3.95. The van der Waals surface area contributed by atoms with Crippen LogP contribution in [0.25, 0.3) is 0 Å². The molecule has 0 saturated heterocycles. The first kappa shape index (κ1) is 14.3. The average molecular weight is 295 g/mol. The summed E-state index contributed by atoms with van der Waals surface area (Å²) in [4.78, 5) is 27.7. The summed E-state index contributed by atoms with van der Waals surface area (Å²) >= 11 is 0. The maximum Gasteiger partial charge on any atom is 0.274 e. The fourth-order valence-corrected chi connectivity index (χ4v) is 2.12. The summed E-state index contributed by atoms with van der Waals surface area (Å²) in [5.41, 5.74) is 2.40. The van der Waals surface area contributed by atoms with E-state index in [1.165, 1.54) is 19.8 Å². The number of aromatic nitrogens is 1. The van der Waals surface area contributed by atoms with Gasteiger partial charge in [-0.25, -0.2) is 0 Å². The summed E-state index contributed by atoms with van der Waals surface area (Å²) in [7, 11) is 0. The average Bonchev–Trinajstić information content (AvgIpc) is 3.31. The molecule has 0 unspecified atom stereocenters. The van der Waals surface area contributed by atoms with Crippen LogP contribution in [0.2, 0.25) is 0 Å². The number of anilines is 2. The molecule has 1 aliphatic rings. The van der Waals surface area contributed by atoms with Crippen LogP contribution in [0.1, 0.15) is 40.6 Å². The van der Waals surface area contributed by atoms with Gasteiger partial charge in [-0.3, -0.25) is 14.6 Å². The zero-order valence-corrected chi connectivity index (χ0v) is 12.3. The molecular formula is C17H17N3O2. The molecule has 3 rings (SSSR count). The van der Waals surface area contributed by atoms with Crippen molar-refractivity contribution < 1.29 is 9.59 Å². The molecule has 1 saturated carbocycles. The first-order valence-electron chi connectivity index (χ1n) is 7.27. The predicted octanol–water partition coefficient (Wildman–Crippen LogP) is 3.11. The van der Waals surface area contributed by atoms with Gasteiger partial charge < -0.3 is 10.6 Å². The molecule has 0 radical (unpaired) electrons. The number of rotatable bonds is 5. The maximum atomic E-state index is 12.3. The van der Waals surface area contributed by atoms with Crippen molar-refractivity contribution in [2.75, 3.05) is 10.6 Å². The first-order chi connectivity index (χ1) is 10.6. The molecule has 2 aromatic rings. The van der Waals surface area contributed by atoms with Crippen molar-refractivity contribution in [1.82, 2.24) is 4.98 Å². The number of Topliss-reactive ketones (excluding diaryl/α,β-unsaturated/α-hetero) is 1. The largest absolute Gasteiger partial charge is 0.382 e. The number of hydrogen-bond donors (Lipinski definition) is 2. The predicted molar refractivity (Wildman–Crippen MR) is 85.3 cm³/mol. The Balaban J connectivity index is 1.73. The van der Waals surface area contributed by atoms with E-state index in [1.54, 1.807) is 36.5 Å². The molecule has 0 spiro atoms. The molecule has 1 aromatic carbocycles. The highest BCUT2D eigenvalue weighted by Gasteiger charge is 2.21. The quantitative estimate of drug-likeness (QED) is 0.831. The van der Waals surface area contributed by atoms with Gasteiger partial charge in [-0.2, -0.15) is 0 Å². The summed E-state index contributed by atoms with van der Waals surface area (Å²) in [6.45, 7) is 1.50. The van der Waals surface area contributed by atoms with E-state index >= 15 is 0 Å². The molecular weight excluding hydrogens is 278 g/mol. The molecule has 1 aromatic heterocycles. The number of nitrogens with zero attached hydrogens (tertiary/aromatic N) is 1. The molecule has 1 fully saturated rings. The number of carbonyl (C=O) groups is 2. The van der Waals surface area contributed by atoms with Crippen molar-refractivity contribution in [1.29, 1.82) is 0 Å². The lowest BCUT2D eigenvalue weighted by Crippen LogP contribution is -2.14. The minimum absolute atomic E-state index is 0.0372. The Labute approximate surface area is 128 Å². The Hall–Kier alpha value is -2.69. The van der Waals surface area contributed by atoms with Crippen LogP contribution < -0.4 is 10.6 Å². The van der Waals surface area contributed by atoms with E-state index in [4.69, 9.17) is 0 Å². The monoisotopic (exact) mass is 295 g/mol. The Kier molecular flexibility index (Phi) is 3.87. The van der Waals surface area contributed by atoms with E-state index in [9.17, 15) is 9.59 Å². The van der Waals surface area contributed by atoms with Crippen molar-refractivity contribution >= 4 is 23.1 Å². The van der Waals surface area contributed by atoms with Crippen molar-refractivity contribution in [2.45, 2.75) is 25.8 Å². The Morgan fingerprint density at radius 3 is 2.68 bits per heavy atom. The van der Waals surface area contributed by atoms with Crippen LogP contribution in [-0.2, 0) is 0 Å². The third kappa shape index (κ3) is 3.49. The second-order valence-corrected chi connectivity index (χ2v) is 5.44. The van der Waals surface area contributed by atoms with Crippen LogP contribution in [0.4, 0.5) is 11.4 Å². The molecule has 5 nitrogen and oxygen atoms in total. The normalized spacial score (nSPS) is 13.5. The van der Waals surface area contributed by atoms with Gasteiger partial charge in [0, 0.05) is 29.2 Å². The van der Waals surface area contributed by atoms with Crippen molar-refractivity contribution in [2.24, 2.45) is 0 Å². The van der Waals surface area contributed by atoms with E-state index in [-0.39, 0.29) is 11.7 Å². The van der Waals surface area contributed by atoms with E-state index in [0.29, 0.717) is 23.0 Å². The van der Waals surface area contributed by atoms with E-state index < -0.39 is 0 Å². The molecule has 1 heterocycles. The summed E-state index contributed by atoms with van der Waals surface area (Å²) in [6, 6.07) is 11.0. The lowest BCUT2D eigenvalue weighted by atomic mass is 10.1. The van der Waals surface area contributed by atoms with Gasteiger partial charge >= 0.3 is 0 Å². The minimum Gasteiger partial charge on any atom is -0.382 e. The Bertz CT molecular complexity index is 723. The number of ketones is 1. The number of hydrogen-bond acceptors (Lipinski definition) is 4. The zero-order chi connectivity index (χ0) is 15.5. The molecule has 5 heteroatoms. The number of benzene rings is 1. The number of carbonyl (C=O) groups excluding carboxylic acids is 2. The number of amides is 1. The van der Waals surface area contributed by atoms with E-state index in [1.807, 2.05) is 6.07 Å². The van der Waals surface area contributed by atoms with Gasteiger partial charge in [0.1, 0.15) is 5.69 Å². The first-order valence-corrected chi connectivity index (χ1v) is 7.27. The molecule has 1 amide bonds. The van der Waals surface area contributed by atoms with Crippen molar-refractivity contribution in [3.05, 3.63) is 53.9 Å². The lowest BCUT2D eigenvalue weighted by Gasteiger charge is -2.08. The standard InChI is InChI=1S/C17H17N3O2/c1-11(21)12-3-2-4-14(9-12)20-17(22)16-10-15(7-8-18-16)19-13-5-6-13/h2-4,7-10,13H,5-6H2,1H3,(H,18,19)(H,20,22). The third-order valence-electron chi connectivity index (χ3n) is 3.47. The van der Waals surface area contributed by atoms with Crippen LogP contribution in [0, 0.1) is 0 Å². The van der Waals surface area contributed by atoms with Crippen LogP contribution in [-0.4, -0.2) is 22.7 Å². The highest BCUT2D eigenvalue weighted by atomic mass is 16.2. The zero-order valence-electron chi connectivity index (χ0n) is 12.3. The fraction of sp³-hybridized carbons (Fsp3) is 0.235. The SMILES string of the molecule is CC(=O)c1cccc(NC(=O)c2cc(NC3CC3)ccn2)c1. The molecule has 1 aliphatic carbocycles. The smallest absolute Gasteiger partial charge is 0.274 e. The van der Waals surface area contributed by atoms with Gasteiger partial charge in [0.25, 0.3) is 5.91 Å². The van der Waals surface area contributed by atoms with E-state index in [2.05, 4.69) is 15.6 Å². The topological polar surface area (TPSA) is 71.1 Å². The lowest BCUT2D eigenvalue weighted by molar-refractivity contribution is 0.100. The fourth-order valence-electron chi connectivity index (χ4n) is 2.12. The summed E-state index contributed by atoms with van der Waals surface area (Å²) in [5.74, 6) is -0.329. The van der Waals surface area contributed by atoms with Gasteiger partial charge in [0.15, 0.2) is 5.78 Å². The molecule has 0 bridgehead atoms. The molecule has 0 atom stereocenters. The minimum atomic E-state index is -0.292. The van der Waals surface area contributed by atoms with Gasteiger partial charge in [-0.15, -0.1) is 0 Å². The van der Waals surface area contributed by atoms with Crippen LogP contribution >= 0.6 is 0 Å². The van der Waals surface area contributed by atoms with Gasteiger partial charge in [0.05, 0.1) is 0 Å². The molecule has 112 valence electrons. The van der Waals surface area contributed by atoms with Crippen molar-refractivity contribution in [3.63, 3.8) is 0 Å². The van der Waals surface area contributed by atoms with Gasteiger partial charge in [-0.1, -0.05) is 12.1 Å². The second-order valence-electron chi connectivity index (χ2n) is 5.44. The highest BCUT2D eigenvalue weighted by molar-refractivity contribution is 6.04. The highest BCUT2D eigenvalue weighted by Crippen LogP contribution is 2.24. The van der Waals surface area contributed by atoms with E-state index in [0.717, 1.165) is 5.69 Å². The van der Waals surface area contributed by atoms with Gasteiger partial charge in [0.2, 0.25) is 0 Å². The van der Waals surface area contributed by atoms with Gasteiger partial charge in [-0.05, 0) is 44.0 Å². The summed E-state index contributed by atoms with van der Waals surface area (Å²) < 4.78 is 0. The molecule has 2 N–H and O–H groups in total. The Morgan fingerprint density at radius 1 is 1.14 bits per heavy atom. The van der Waals surface area contributed by atoms with Crippen LogP contribution in [0.15, 0.2) is 42.6 Å². The second kappa shape index (κ2) is 5.97. The number of nitrogens with one attached hydrogen (secondary N) is 2. The number of pyridine rings is 1. The molecule has 22 heavy (non-hydrogen) atoms. The maximum absolute atomic E-state index is 12.3. The summed E-state index contributed by atoms with van der Waals surface area (Å²) in [5, 5.41) is 6.10. The Morgan fingerprint density at radius 2 is 1.95 bits per heavy atom. The van der Waals surface area contributed by atoms with Crippen molar-refractivity contribution in [3.8, 4) is 0 Å². The van der Waals surface area contributed by atoms with Crippen LogP contribution in [0.3, 0.4) is 0 Å². The van der Waals surface area contributed by atoms with Crippen LogP contribution in [0.5, 0.6) is 0 Å².